The van der Waals surface area contributed by atoms with Crippen LogP contribution < -0.4 is 10.6 Å². The summed E-state index contributed by atoms with van der Waals surface area (Å²) in [5.74, 6) is 1.06. The predicted molar refractivity (Wildman–Crippen MR) is 138 cm³/mol. The van der Waals surface area contributed by atoms with Gasteiger partial charge < -0.3 is 10.6 Å². The summed E-state index contributed by atoms with van der Waals surface area (Å²) in [5, 5.41) is 6.54. The molecule has 4 nitrogen and oxygen atoms in total. The molecule has 0 aromatic heterocycles. The Morgan fingerprint density at radius 3 is 2.46 bits per heavy atom. The van der Waals surface area contributed by atoms with E-state index in [9.17, 15) is 22.8 Å². The molecular formula is C30H39F3N2O2. The number of carbonyl (C=O) groups is 2. The number of alkyl halides is 3. The van der Waals surface area contributed by atoms with Crippen LogP contribution in [0, 0.1) is 34.5 Å². The molecule has 7 heteroatoms. The van der Waals surface area contributed by atoms with E-state index in [4.69, 9.17) is 0 Å². The highest BCUT2D eigenvalue weighted by Gasteiger charge is 2.60. The number of allylic oxidation sites excluding steroid dienone is 2. The summed E-state index contributed by atoms with van der Waals surface area (Å²) >= 11 is 0. The average Bonchev–Trinajstić information content (AvgIpc) is 3.15. The first-order chi connectivity index (χ1) is 17.1. The van der Waals surface area contributed by atoms with E-state index in [-0.39, 0.29) is 34.1 Å². The number of hydrogen-bond acceptors (Lipinski definition) is 3. The van der Waals surface area contributed by atoms with Gasteiger partial charge in [-0.1, -0.05) is 40.7 Å². The Balaban J connectivity index is 1.40. The Hall–Kier alpha value is -2.31. The van der Waals surface area contributed by atoms with Crippen molar-refractivity contribution < 1.29 is 22.8 Å². The quantitative estimate of drug-likeness (QED) is 0.452. The topological polar surface area (TPSA) is 58.2 Å². The van der Waals surface area contributed by atoms with Crippen molar-refractivity contribution in [1.29, 1.82) is 0 Å². The summed E-state index contributed by atoms with van der Waals surface area (Å²) in [4.78, 5) is 25.8. The molecule has 2 N–H and O–H groups in total. The number of nitrogens with one attached hydrogen (secondary N) is 2. The number of anilines is 1. The molecule has 1 aliphatic heterocycles. The minimum Gasteiger partial charge on any atom is -0.387 e. The number of amides is 1. The first kappa shape index (κ1) is 26.3. The molecule has 202 valence electrons. The van der Waals surface area contributed by atoms with Crippen LogP contribution in [0.15, 0.2) is 30.0 Å². The van der Waals surface area contributed by atoms with E-state index >= 15 is 0 Å². The SMILES string of the molecule is CC(C)(C)c1ccc(C(F)(F)F)cc1NC(=O)[C@H]1CCC2C3CNC4=CC(=O)CC[C@]4(C)C3CC[C@@]21C. The van der Waals surface area contributed by atoms with Gasteiger partial charge in [-0.25, -0.2) is 0 Å². The van der Waals surface area contributed by atoms with Crippen LogP contribution in [-0.4, -0.2) is 18.2 Å². The van der Waals surface area contributed by atoms with Crippen molar-refractivity contribution in [2.75, 3.05) is 11.9 Å². The summed E-state index contributed by atoms with van der Waals surface area (Å²) < 4.78 is 40.5. The second kappa shape index (κ2) is 8.60. The van der Waals surface area contributed by atoms with Gasteiger partial charge in [-0.15, -0.1) is 0 Å². The second-order valence-corrected chi connectivity index (χ2v) is 13.4. The fraction of sp³-hybridized carbons (Fsp3) is 0.667. The average molecular weight is 517 g/mol. The first-order valence-electron chi connectivity index (χ1n) is 13.7. The number of hydrogen-bond donors (Lipinski definition) is 2. The van der Waals surface area contributed by atoms with Crippen molar-refractivity contribution in [3.63, 3.8) is 0 Å². The van der Waals surface area contributed by atoms with Crippen molar-refractivity contribution in [2.45, 2.75) is 84.7 Å². The third-order valence-electron chi connectivity index (χ3n) is 10.3. The van der Waals surface area contributed by atoms with E-state index in [1.807, 2.05) is 20.8 Å². The van der Waals surface area contributed by atoms with Gasteiger partial charge in [0.2, 0.25) is 5.91 Å². The number of fused-ring (bicyclic) bond motifs is 5. The fourth-order valence-electron chi connectivity index (χ4n) is 8.27. The van der Waals surface area contributed by atoms with E-state index in [0.717, 1.165) is 56.5 Å². The highest BCUT2D eigenvalue weighted by atomic mass is 19.4. The summed E-state index contributed by atoms with van der Waals surface area (Å²) in [6.07, 6.45) is 2.40. The third kappa shape index (κ3) is 4.30. The maximum atomic E-state index is 13.7. The van der Waals surface area contributed by atoms with Gasteiger partial charge in [0.25, 0.3) is 0 Å². The minimum atomic E-state index is -4.47. The predicted octanol–water partition coefficient (Wildman–Crippen LogP) is 6.86. The number of piperidine rings is 1. The lowest BCUT2D eigenvalue weighted by Gasteiger charge is -2.58. The van der Waals surface area contributed by atoms with Crippen LogP contribution in [0.2, 0.25) is 0 Å². The number of halogens is 3. The van der Waals surface area contributed by atoms with E-state index < -0.39 is 17.2 Å². The normalized spacial score (nSPS) is 35.6. The molecule has 1 aromatic carbocycles. The molecule has 3 fully saturated rings. The smallest absolute Gasteiger partial charge is 0.387 e. The van der Waals surface area contributed by atoms with Gasteiger partial charge in [0.05, 0.1) is 5.56 Å². The molecule has 6 atom stereocenters. The molecule has 0 bridgehead atoms. The third-order valence-corrected chi connectivity index (χ3v) is 10.3. The maximum absolute atomic E-state index is 13.7. The monoisotopic (exact) mass is 516 g/mol. The molecule has 0 spiro atoms. The van der Waals surface area contributed by atoms with Gasteiger partial charge in [-0.3, -0.25) is 9.59 Å². The number of rotatable bonds is 2. The number of benzene rings is 1. The van der Waals surface area contributed by atoms with Gasteiger partial charge in [0.1, 0.15) is 0 Å². The van der Waals surface area contributed by atoms with Gasteiger partial charge in [0.15, 0.2) is 5.78 Å². The molecule has 0 radical (unpaired) electrons. The van der Waals surface area contributed by atoms with Crippen LogP contribution in [0.1, 0.15) is 84.3 Å². The molecule has 3 aliphatic carbocycles. The standard InChI is InChI=1S/C30H39F3N2O2/c1-27(2,3)22-7-6-17(30(31,32)33)14-24(22)35-26(37)23-9-8-20-19-16-34-25-15-18(36)10-12-29(25,5)21(19)11-13-28(20,23)4/h6-7,14-15,19-21,23,34H,8-13,16H2,1-5H3,(H,35,37)/t19?,20?,21?,23-,28+,29-/m1/s1. The molecule has 1 amide bonds. The molecule has 3 unspecified atom stereocenters. The van der Waals surface area contributed by atoms with Gasteiger partial charge in [0, 0.05) is 41.8 Å². The van der Waals surface area contributed by atoms with Crippen LogP contribution in [0.5, 0.6) is 0 Å². The first-order valence-corrected chi connectivity index (χ1v) is 13.7. The van der Waals surface area contributed by atoms with Gasteiger partial charge in [-0.05, 0) is 78.4 Å². The largest absolute Gasteiger partial charge is 0.416 e. The Kier molecular flexibility index (Phi) is 6.12. The summed E-state index contributed by atoms with van der Waals surface area (Å²) in [5.41, 5.74) is 0.664. The molecule has 37 heavy (non-hydrogen) atoms. The van der Waals surface area contributed by atoms with Crippen molar-refractivity contribution in [3.8, 4) is 0 Å². The lowest BCUT2D eigenvalue weighted by molar-refractivity contribution is -0.137. The van der Waals surface area contributed by atoms with Crippen LogP contribution >= 0.6 is 0 Å². The van der Waals surface area contributed by atoms with Crippen LogP contribution in [0.25, 0.3) is 0 Å². The van der Waals surface area contributed by atoms with Crippen molar-refractivity contribution in [3.05, 3.63) is 41.1 Å². The zero-order chi connectivity index (χ0) is 27.0. The van der Waals surface area contributed by atoms with Crippen molar-refractivity contribution in [2.24, 2.45) is 34.5 Å². The summed E-state index contributed by atoms with van der Waals surface area (Å²) in [7, 11) is 0. The van der Waals surface area contributed by atoms with E-state index in [1.165, 1.54) is 6.07 Å². The highest BCUT2D eigenvalue weighted by Crippen LogP contribution is 2.64. The Morgan fingerprint density at radius 1 is 1.05 bits per heavy atom. The van der Waals surface area contributed by atoms with E-state index in [0.29, 0.717) is 29.7 Å². The highest BCUT2D eigenvalue weighted by molar-refractivity contribution is 5.94. The lowest BCUT2D eigenvalue weighted by Crippen LogP contribution is -2.57. The van der Waals surface area contributed by atoms with Gasteiger partial charge >= 0.3 is 6.18 Å². The Morgan fingerprint density at radius 2 is 1.78 bits per heavy atom. The van der Waals surface area contributed by atoms with Crippen LogP contribution in [0.3, 0.4) is 0 Å². The molecule has 1 saturated heterocycles. The lowest BCUT2D eigenvalue weighted by atomic mass is 9.50. The Bertz CT molecular complexity index is 1150. The molecule has 1 heterocycles. The maximum Gasteiger partial charge on any atom is 0.416 e. The Labute approximate surface area is 217 Å². The number of ketones is 1. The summed E-state index contributed by atoms with van der Waals surface area (Å²) in [6, 6.07) is 3.69. The molecule has 4 aliphatic rings. The zero-order valence-electron chi connectivity index (χ0n) is 22.5. The van der Waals surface area contributed by atoms with Crippen LogP contribution in [0.4, 0.5) is 18.9 Å². The summed E-state index contributed by atoms with van der Waals surface area (Å²) in [6.45, 7) is 11.2. The number of carbonyl (C=O) groups excluding carboxylic acids is 2. The van der Waals surface area contributed by atoms with E-state index in [2.05, 4.69) is 24.5 Å². The molecule has 2 saturated carbocycles. The molecule has 1 aromatic rings. The van der Waals surface area contributed by atoms with Gasteiger partial charge in [-0.2, -0.15) is 13.2 Å². The molecule has 5 rings (SSSR count). The van der Waals surface area contributed by atoms with Crippen molar-refractivity contribution >= 4 is 17.4 Å². The van der Waals surface area contributed by atoms with Crippen LogP contribution in [-0.2, 0) is 21.2 Å². The van der Waals surface area contributed by atoms with E-state index in [1.54, 1.807) is 6.08 Å². The zero-order valence-corrected chi connectivity index (χ0v) is 22.5. The fourth-order valence-corrected chi connectivity index (χ4v) is 8.27. The van der Waals surface area contributed by atoms with Crippen molar-refractivity contribution in [1.82, 2.24) is 5.32 Å². The molecular weight excluding hydrogens is 477 g/mol. The minimum absolute atomic E-state index is 0.0296. The second-order valence-electron chi connectivity index (χ2n) is 13.4.